The van der Waals surface area contributed by atoms with Crippen LogP contribution in [0.2, 0.25) is 5.02 Å². The molecule has 1 amide bonds. The lowest BCUT2D eigenvalue weighted by molar-refractivity contribution is 0.0730. The summed E-state index contributed by atoms with van der Waals surface area (Å²) in [5.41, 5.74) is 7.31. The molecule has 188 valence electrons. The number of benzene rings is 3. The van der Waals surface area contributed by atoms with Gasteiger partial charge in [-0.1, -0.05) is 71.8 Å². The van der Waals surface area contributed by atoms with Gasteiger partial charge in [0.15, 0.2) is 0 Å². The molecular weight excluding hydrogens is 496 g/mol. The van der Waals surface area contributed by atoms with Gasteiger partial charge in [0.1, 0.15) is 18.1 Å². The number of carbonyl (C=O) groups is 1. The van der Waals surface area contributed by atoms with Crippen molar-refractivity contribution in [2.45, 2.75) is 26.1 Å². The van der Waals surface area contributed by atoms with Gasteiger partial charge in [0.2, 0.25) is 0 Å². The lowest BCUT2D eigenvalue weighted by Crippen LogP contribution is -2.29. The van der Waals surface area contributed by atoms with Gasteiger partial charge >= 0.3 is 0 Å². The van der Waals surface area contributed by atoms with Crippen molar-refractivity contribution in [2.75, 3.05) is 0 Å². The van der Waals surface area contributed by atoms with Crippen molar-refractivity contribution in [1.29, 1.82) is 0 Å². The highest BCUT2D eigenvalue weighted by molar-refractivity contribution is 6.30. The molecule has 7 heteroatoms. The molecule has 0 fully saturated rings. The van der Waals surface area contributed by atoms with Crippen molar-refractivity contribution < 1.29 is 9.53 Å². The number of aryl methyl sites for hydroxylation is 1. The predicted octanol–water partition coefficient (Wildman–Crippen LogP) is 6.76. The molecule has 6 rings (SSSR count). The number of rotatable bonds is 7. The standard InChI is InChI=1S/C31H25ClN4O2/c1-20-4-8-23(9-5-20)28-27-29(35-34-28)31(37)36(18-22-3-2-16-33-17-22)30(27)24-10-14-26(15-11-24)38-19-21-6-12-25(32)13-7-21/h2-17,30H,18-19H2,1H3,(H,34,35). The molecule has 5 aromatic rings. The van der Waals surface area contributed by atoms with E-state index in [0.29, 0.717) is 23.9 Å². The largest absolute Gasteiger partial charge is 0.489 e. The van der Waals surface area contributed by atoms with Gasteiger partial charge < -0.3 is 9.64 Å². The summed E-state index contributed by atoms with van der Waals surface area (Å²) in [6.45, 7) is 2.92. The Balaban J connectivity index is 1.34. The molecule has 0 saturated heterocycles. The number of H-pyrrole nitrogens is 1. The van der Waals surface area contributed by atoms with E-state index in [-0.39, 0.29) is 11.9 Å². The van der Waals surface area contributed by atoms with Gasteiger partial charge in [-0.15, -0.1) is 0 Å². The second kappa shape index (κ2) is 10.1. The summed E-state index contributed by atoms with van der Waals surface area (Å²) in [5, 5.41) is 8.30. The Bertz CT molecular complexity index is 1560. The lowest BCUT2D eigenvalue weighted by atomic mass is 9.95. The van der Waals surface area contributed by atoms with Crippen LogP contribution in [0.25, 0.3) is 11.3 Å². The predicted molar refractivity (Wildman–Crippen MR) is 147 cm³/mol. The molecular formula is C31H25ClN4O2. The number of fused-ring (bicyclic) bond motifs is 1. The molecule has 0 aliphatic carbocycles. The molecule has 0 radical (unpaired) electrons. The molecule has 0 saturated carbocycles. The average molecular weight is 521 g/mol. The molecule has 1 atom stereocenters. The van der Waals surface area contributed by atoms with Crippen LogP contribution in [0.4, 0.5) is 0 Å². The van der Waals surface area contributed by atoms with E-state index in [1.165, 1.54) is 5.56 Å². The van der Waals surface area contributed by atoms with Gasteiger partial charge in [0.05, 0.1) is 11.7 Å². The van der Waals surface area contributed by atoms with Crippen LogP contribution < -0.4 is 4.74 Å². The Morgan fingerprint density at radius 1 is 0.947 bits per heavy atom. The number of aromatic amines is 1. The van der Waals surface area contributed by atoms with E-state index in [1.807, 2.05) is 77.7 Å². The summed E-state index contributed by atoms with van der Waals surface area (Å²) in [5.74, 6) is 0.667. The first-order chi connectivity index (χ1) is 18.6. The molecule has 2 aromatic heterocycles. The maximum atomic E-state index is 13.6. The van der Waals surface area contributed by atoms with Gasteiger partial charge in [-0.2, -0.15) is 5.10 Å². The first kappa shape index (κ1) is 23.9. The molecule has 1 aliphatic rings. The van der Waals surface area contributed by atoms with Gasteiger partial charge in [-0.3, -0.25) is 14.9 Å². The van der Waals surface area contributed by atoms with E-state index >= 15 is 0 Å². The van der Waals surface area contributed by atoms with E-state index in [4.69, 9.17) is 16.3 Å². The highest BCUT2D eigenvalue weighted by atomic mass is 35.5. The van der Waals surface area contributed by atoms with Crippen molar-refractivity contribution in [2.24, 2.45) is 0 Å². The molecule has 6 nitrogen and oxygen atoms in total. The number of hydrogen-bond acceptors (Lipinski definition) is 4. The first-order valence-corrected chi connectivity index (χ1v) is 12.8. The zero-order valence-corrected chi connectivity index (χ0v) is 21.5. The minimum absolute atomic E-state index is 0.0808. The number of aromatic nitrogens is 3. The van der Waals surface area contributed by atoms with Gasteiger partial charge in [-0.05, 0) is 53.9 Å². The zero-order valence-electron chi connectivity index (χ0n) is 20.8. The van der Waals surface area contributed by atoms with Gasteiger partial charge in [0.25, 0.3) is 5.91 Å². The monoisotopic (exact) mass is 520 g/mol. The molecule has 1 aliphatic heterocycles. The molecule has 1 N–H and O–H groups in total. The van der Waals surface area contributed by atoms with Crippen LogP contribution in [-0.2, 0) is 13.2 Å². The minimum Gasteiger partial charge on any atom is -0.489 e. The Labute approximate surface area is 225 Å². The van der Waals surface area contributed by atoms with Crippen LogP contribution in [0.15, 0.2) is 97.3 Å². The second-order valence-electron chi connectivity index (χ2n) is 9.41. The molecule has 0 spiro atoms. The summed E-state index contributed by atoms with van der Waals surface area (Å²) in [4.78, 5) is 19.7. The Morgan fingerprint density at radius 2 is 1.71 bits per heavy atom. The maximum absolute atomic E-state index is 13.6. The van der Waals surface area contributed by atoms with Crippen LogP contribution >= 0.6 is 11.6 Å². The summed E-state index contributed by atoms with van der Waals surface area (Å²) >= 11 is 5.99. The number of carbonyl (C=O) groups excluding carboxylic acids is 1. The fourth-order valence-electron chi connectivity index (χ4n) is 4.82. The average Bonchev–Trinajstić information content (AvgIpc) is 3.49. The number of nitrogens with zero attached hydrogens (tertiary/aromatic N) is 3. The number of ether oxygens (including phenoxy) is 1. The van der Waals surface area contributed by atoms with Crippen molar-refractivity contribution in [1.82, 2.24) is 20.1 Å². The summed E-state index contributed by atoms with van der Waals surface area (Å²) in [6.07, 6.45) is 3.53. The van der Waals surface area contributed by atoms with Crippen LogP contribution in [0.1, 0.15) is 44.3 Å². The Kier molecular flexibility index (Phi) is 6.40. The van der Waals surface area contributed by atoms with Crippen molar-refractivity contribution >= 4 is 17.5 Å². The van der Waals surface area contributed by atoms with Gasteiger partial charge in [-0.25, -0.2) is 0 Å². The highest BCUT2D eigenvalue weighted by Gasteiger charge is 2.42. The summed E-state index contributed by atoms with van der Waals surface area (Å²) < 4.78 is 6.00. The lowest BCUT2D eigenvalue weighted by Gasteiger charge is -2.26. The van der Waals surface area contributed by atoms with Crippen molar-refractivity contribution in [3.8, 4) is 17.0 Å². The fourth-order valence-corrected chi connectivity index (χ4v) is 4.95. The van der Waals surface area contributed by atoms with Crippen molar-refractivity contribution in [3.63, 3.8) is 0 Å². The topological polar surface area (TPSA) is 71.1 Å². The van der Waals surface area contributed by atoms with Crippen LogP contribution in [0, 0.1) is 6.92 Å². The number of nitrogens with one attached hydrogen (secondary N) is 1. The summed E-state index contributed by atoms with van der Waals surface area (Å²) in [6, 6.07) is 27.3. The summed E-state index contributed by atoms with van der Waals surface area (Å²) in [7, 11) is 0. The van der Waals surface area contributed by atoms with E-state index in [2.05, 4.69) is 34.2 Å². The normalized spacial score (nSPS) is 14.5. The molecule has 3 aromatic carbocycles. The number of pyridine rings is 1. The highest BCUT2D eigenvalue weighted by Crippen LogP contribution is 2.43. The van der Waals surface area contributed by atoms with Crippen LogP contribution in [0.5, 0.6) is 5.75 Å². The molecule has 0 bridgehead atoms. The van der Waals surface area contributed by atoms with E-state index < -0.39 is 0 Å². The van der Waals surface area contributed by atoms with Crippen LogP contribution in [-0.4, -0.2) is 26.0 Å². The van der Waals surface area contributed by atoms with E-state index in [9.17, 15) is 4.79 Å². The second-order valence-corrected chi connectivity index (χ2v) is 9.84. The number of halogens is 1. The SMILES string of the molecule is Cc1ccc(-c2n[nH]c3c2C(c2ccc(OCc4ccc(Cl)cc4)cc2)N(Cc2cccnc2)C3=O)cc1. The molecule has 38 heavy (non-hydrogen) atoms. The minimum atomic E-state index is -0.307. The van der Waals surface area contributed by atoms with E-state index in [1.54, 1.807) is 12.4 Å². The fraction of sp³-hybridized carbons (Fsp3) is 0.129. The quantitative estimate of drug-likeness (QED) is 0.257. The maximum Gasteiger partial charge on any atom is 0.273 e. The van der Waals surface area contributed by atoms with Crippen LogP contribution in [0.3, 0.4) is 0 Å². The third-order valence-corrected chi connectivity index (χ3v) is 7.03. The number of hydrogen-bond donors (Lipinski definition) is 1. The number of amides is 1. The third-order valence-electron chi connectivity index (χ3n) is 6.78. The molecule has 1 unspecified atom stereocenters. The Hall–Kier alpha value is -4.42. The van der Waals surface area contributed by atoms with Crippen molar-refractivity contribution in [3.05, 3.63) is 136 Å². The van der Waals surface area contributed by atoms with E-state index in [0.717, 1.165) is 39.3 Å². The smallest absolute Gasteiger partial charge is 0.273 e. The Morgan fingerprint density at radius 3 is 2.42 bits per heavy atom. The first-order valence-electron chi connectivity index (χ1n) is 12.4. The zero-order chi connectivity index (χ0) is 26.1. The molecule has 3 heterocycles. The van der Waals surface area contributed by atoms with Gasteiger partial charge in [0, 0.05) is 35.1 Å². The third kappa shape index (κ3) is 4.66.